The second-order valence-electron chi connectivity index (χ2n) is 3.29. The molecule has 0 spiro atoms. The van der Waals surface area contributed by atoms with Crippen LogP contribution in [0.3, 0.4) is 0 Å². The molecule has 1 rings (SSSR count). The van der Waals surface area contributed by atoms with Crippen LogP contribution in [0.1, 0.15) is 23.2 Å². The van der Waals surface area contributed by atoms with Gasteiger partial charge in [0.2, 0.25) is 5.91 Å². The number of nitrogens with one attached hydrogen (secondary N) is 1. The molecule has 0 heterocycles. The Kier molecular flexibility index (Phi) is 4.21. The van der Waals surface area contributed by atoms with E-state index in [-0.39, 0.29) is 24.1 Å². The highest BCUT2D eigenvalue weighted by molar-refractivity contribution is 5.94. The standard InChI is InChI=1S/C11H11NO5/c13-9(4-5-10(14)15)12-8-3-1-2-7(6-8)11(16)17/h1-3,6H,4-5H2,(H,12,13)(H,14,15)(H,16,17)/p-2. The lowest BCUT2D eigenvalue weighted by atomic mass is 10.2. The molecule has 1 aromatic carbocycles. The summed E-state index contributed by atoms with van der Waals surface area (Å²) in [6.07, 6.45) is -0.607. The summed E-state index contributed by atoms with van der Waals surface area (Å²) in [6, 6.07) is 5.49. The number of anilines is 1. The third-order valence-electron chi connectivity index (χ3n) is 1.94. The zero-order valence-electron chi connectivity index (χ0n) is 8.76. The van der Waals surface area contributed by atoms with Crippen molar-refractivity contribution in [3.63, 3.8) is 0 Å². The van der Waals surface area contributed by atoms with E-state index in [1.165, 1.54) is 24.3 Å². The largest absolute Gasteiger partial charge is 0.550 e. The lowest BCUT2D eigenvalue weighted by Crippen LogP contribution is -2.24. The molecule has 1 amide bonds. The van der Waals surface area contributed by atoms with Crippen molar-refractivity contribution in [3.05, 3.63) is 29.8 Å². The summed E-state index contributed by atoms with van der Waals surface area (Å²) in [4.78, 5) is 31.9. The lowest BCUT2D eigenvalue weighted by Gasteiger charge is -2.08. The Hall–Kier alpha value is -2.37. The van der Waals surface area contributed by atoms with Crippen molar-refractivity contribution in [2.75, 3.05) is 5.32 Å². The average Bonchev–Trinajstić information content (AvgIpc) is 2.26. The molecule has 0 radical (unpaired) electrons. The Morgan fingerprint density at radius 3 is 2.41 bits per heavy atom. The molecule has 6 nitrogen and oxygen atoms in total. The van der Waals surface area contributed by atoms with E-state index in [4.69, 9.17) is 0 Å². The molecular formula is C11H9NO5-2. The highest BCUT2D eigenvalue weighted by Crippen LogP contribution is 2.10. The molecule has 6 heteroatoms. The summed E-state index contributed by atoms with van der Waals surface area (Å²) in [7, 11) is 0. The number of carboxylic acids is 2. The van der Waals surface area contributed by atoms with Crippen LogP contribution in [0, 0.1) is 0 Å². The minimum Gasteiger partial charge on any atom is -0.550 e. The van der Waals surface area contributed by atoms with Gasteiger partial charge in [-0.25, -0.2) is 0 Å². The predicted molar refractivity (Wildman–Crippen MR) is 53.6 cm³/mol. The Morgan fingerprint density at radius 2 is 1.82 bits per heavy atom. The maximum absolute atomic E-state index is 11.2. The molecule has 0 saturated heterocycles. The molecular weight excluding hydrogens is 226 g/mol. The van der Waals surface area contributed by atoms with Gasteiger partial charge in [-0.15, -0.1) is 0 Å². The molecule has 0 aliphatic carbocycles. The Labute approximate surface area is 96.9 Å². The van der Waals surface area contributed by atoms with Crippen LogP contribution in [0.25, 0.3) is 0 Å². The molecule has 17 heavy (non-hydrogen) atoms. The topological polar surface area (TPSA) is 109 Å². The minimum atomic E-state index is -1.35. The molecule has 90 valence electrons. The van der Waals surface area contributed by atoms with E-state index in [1.807, 2.05) is 0 Å². The number of carbonyl (C=O) groups excluding carboxylic acids is 3. The number of carboxylic acid groups (broad SMARTS) is 2. The fourth-order valence-electron chi connectivity index (χ4n) is 1.16. The van der Waals surface area contributed by atoms with Gasteiger partial charge in [-0.1, -0.05) is 12.1 Å². The normalized spacial score (nSPS) is 9.65. The summed E-state index contributed by atoms with van der Waals surface area (Å²) >= 11 is 0. The van der Waals surface area contributed by atoms with Crippen molar-refractivity contribution in [3.8, 4) is 0 Å². The van der Waals surface area contributed by atoms with Crippen molar-refractivity contribution in [1.82, 2.24) is 0 Å². The number of aromatic carboxylic acids is 1. The van der Waals surface area contributed by atoms with E-state index >= 15 is 0 Å². The van der Waals surface area contributed by atoms with Gasteiger partial charge in [0, 0.05) is 18.1 Å². The van der Waals surface area contributed by atoms with Crippen LogP contribution in [0.5, 0.6) is 0 Å². The highest BCUT2D eigenvalue weighted by Gasteiger charge is 2.03. The van der Waals surface area contributed by atoms with E-state index in [9.17, 15) is 24.6 Å². The highest BCUT2D eigenvalue weighted by atomic mass is 16.4. The summed E-state index contributed by atoms with van der Waals surface area (Å²) < 4.78 is 0. The maximum Gasteiger partial charge on any atom is 0.224 e. The van der Waals surface area contributed by atoms with Crippen LogP contribution in [-0.4, -0.2) is 17.8 Å². The Bertz CT molecular complexity index is 455. The molecule has 0 fully saturated rings. The van der Waals surface area contributed by atoms with Crippen molar-refractivity contribution in [1.29, 1.82) is 0 Å². The monoisotopic (exact) mass is 235 g/mol. The number of amides is 1. The van der Waals surface area contributed by atoms with E-state index in [2.05, 4.69) is 5.32 Å². The van der Waals surface area contributed by atoms with Crippen molar-refractivity contribution >= 4 is 23.5 Å². The number of rotatable bonds is 5. The van der Waals surface area contributed by atoms with Gasteiger partial charge < -0.3 is 25.1 Å². The van der Waals surface area contributed by atoms with Gasteiger partial charge in [-0.2, -0.15) is 0 Å². The third-order valence-corrected chi connectivity index (χ3v) is 1.94. The first-order valence-electron chi connectivity index (χ1n) is 4.80. The van der Waals surface area contributed by atoms with Gasteiger partial charge in [0.05, 0.1) is 5.97 Å². The SMILES string of the molecule is O=C([O-])CCC(=O)Nc1cccc(C(=O)[O-])c1. The Balaban J connectivity index is 2.62. The maximum atomic E-state index is 11.2. The summed E-state index contributed by atoms with van der Waals surface area (Å²) in [6.45, 7) is 0. The second-order valence-corrected chi connectivity index (χ2v) is 3.29. The molecule has 1 N–H and O–H groups in total. The van der Waals surface area contributed by atoms with E-state index in [1.54, 1.807) is 0 Å². The van der Waals surface area contributed by atoms with E-state index < -0.39 is 17.8 Å². The smallest absolute Gasteiger partial charge is 0.224 e. The molecule has 1 aromatic rings. The summed E-state index contributed by atoms with van der Waals surface area (Å²) in [5.41, 5.74) is 0.206. The number of aliphatic carboxylic acids is 1. The predicted octanol–water partition coefficient (Wildman–Crippen LogP) is -1.48. The van der Waals surface area contributed by atoms with Crippen LogP contribution >= 0.6 is 0 Å². The molecule has 0 unspecified atom stereocenters. The van der Waals surface area contributed by atoms with E-state index in [0.29, 0.717) is 0 Å². The zero-order chi connectivity index (χ0) is 12.8. The fourth-order valence-corrected chi connectivity index (χ4v) is 1.16. The molecule has 0 saturated carbocycles. The third kappa shape index (κ3) is 4.33. The van der Waals surface area contributed by atoms with Gasteiger partial charge >= 0.3 is 0 Å². The van der Waals surface area contributed by atoms with Crippen molar-refractivity contribution in [2.24, 2.45) is 0 Å². The van der Waals surface area contributed by atoms with Crippen LogP contribution in [0.15, 0.2) is 24.3 Å². The first-order valence-corrected chi connectivity index (χ1v) is 4.80. The number of hydrogen-bond donors (Lipinski definition) is 1. The molecule has 0 bridgehead atoms. The first-order chi connectivity index (χ1) is 7.99. The van der Waals surface area contributed by atoms with Crippen LogP contribution in [0.2, 0.25) is 0 Å². The van der Waals surface area contributed by atoms with Crippen molar-refractivity contribution < 1.29 is 24.6 Å². The van der Waals surface area contributed by atoms with Crippen LogP contribution < -0.4 is 15.5 Å². The quantitative estimate of drug-likeness (QED) is 0.669. The molecule has 0 atom stereocenters. The van der Waals surface area contributed by atoms with Crippen LogP contribution in [-0.2, 0) is 9.59 Å². The van der Waals surface area contributed by atoms with E-state index in [0.717, 1.165) is 0 Å². The van der Waals surface area contributed by atoms with Gasteiger partial charge in [-0.05, 0) is 24.1 Å². The molecule has 0 aromatic heterocycles. The number of hydrogen-bond acceptors (Lipinski definition) is 5. The second kappa shape index (κ2) is 5.64. The number of benzene rings is 1. The van der Waals surface area contributed by atoms with Gasteiger partial charge in [0.1, 0.15) is 0 Å². The number of carbonyl (C=O) groups is 3. The summed E-state index contributed by atoms with van der Waals surface area (Å²) in [5.74, 6) is -3.19. The average molecular weight is 235 g/mol. The van der Waals surface area contributed by atoms with Gasteiger partial charge in [0.15, 0.2) is 0 Å². The van der Waals surface area contributed by atoms with Crippen molar-refractivity contribution in [2.45, 2.75) is 12.8 Å². The molecule has 0 aliphatic rings. The summed E-state index contributed by atoms with van der Waals surface area (Å²) in [5, 5.41) is 23.0. The van der Waals surface area contributed by atoms with Gasteiger partial charge in [-0.3, -0.25) is 4.79 Å². The minimum absolute atomic E-state index is 0.0669. The van der Waals surface area contributed by atoms with Crippen LogP contribution in [0.4, 0.5) is 5.69 Å². The lowest BCUT2D eigenvalue weighted by molar-refractivity contribution is -0.305. The fraction of sp³-hybridized carbons (Fsp3) is 0.182. The Morgan fingerprint density at radius 1 is 1.12 bits per heavy atom. The molecule has 0 aliphatic heterocycles. The van der Waals surface area contributed by atoms with Gasteiger partial charge in [0.25, 0.3) is 0 Å². The first kappa shape index (κ1) is 12.7. The zero-order valence-corrected chi connectivity index (χ0v) is 8.76.